The molecule has 0 saturated carbocycles. The first-order valence-electron chi connectivity index (χ1n) is 8.13. The summed E-state index contributed by atoms with van der Waals surface area (Å²) < 4.78 is 37.1. The number of nitrogens with two attached hydrogens (primary N) is 1. The Hall–Kier alpha value is -2.75. The second kappa shape index (κ2) is 8.09. The van der Waals surface area contributed by atoms with Crippen LogP contribution in [0.3, 0.4) is 0 Å². The number of nitrogens with one attached hydrogen (secondary N) is 1. The Morgan fingerprint density at radius 1 is 1.21 bits per heavy atom. The minimum atomic E-state index is -3.74. The van der Waals surface area contributed by atoms with Crippen molar-refractivity contribution in [2.24, 2.45) is 10.2 Å². The van der Waals surface area contributed by atoms with Crippen molar-refractivity contribution in [1.29, 1.82) is 0 Å². The van der Waals surface area contributed by atoms with Gasteiger partial charge in [0.25, 0.3) is 0 Å². The summed E-state index contributed by atoms with van der Waals surface area (Å²) >= 11 is 6.39. The zero-order chi connectivity index (χ0) is 20.3. The van der Waals surface area contributed by atoms with E-state index in [4.69, 9.17) is 16.7 Å². The Labute approximate surface area is 166 Å². The Balaban J connectivity index is 1.72. The van der Waals surface area contributed by atoms with Crippen molar-refractivity contribution in [3.63, 3.8) is 0 Å². The second-order valence-corrected chi connectivity index (χ2v) is 7.93. The summed E-state index contributed by atoms with van der Waals surface area (Å²) in [4.78, 5) is 0.0167. The maximum absolute atomic E-state index is 13.0. The normalized spacial score (nSPS) is 11.9. The molecule has 7 nitrogen and oxygen atoms in total. The second-order valence-electron chi connectivity index (χ2n) is 6.01. The highest BCUT2D eigenvalue weighted by Crippen LogP contribution is 2.20. The molecule has 0 fully saturated rings. The molecule has 1 heterocycles. The van der Waals surface area contributed by atoms with Gasteiger partial charge in [-0.3, -0.25) is 5.43 Å². The van der Waals surface area contributed by atoms with E-state index in [1.165, 1.54) is 30.5 Å². The molecule has 0 amide bonds. The number of halogens is 2. The van der Waals surface area contributed by atoms with Crippen LogP contribution in [0, 0.1) is 12.7 Å². The number of aromatic nitrogens is 2. The lowest BCUT2D eigenvalue weighted by Gasteiger charge is -2.03. The number of hydrogen-bond acceptors (Lipinski definition) is 5. The van der Waals surface area contributed by atoms with Crippen LogP contribution in [0.25, 0.3) is 0 Å². The summed E-state index contributed by atoms with van der Waals surface area (Å²) in [5.41, 5.74) is 5.55. The largest absolute Gasteiger partial charge is 0.279 e. The minimum absolute atomic E-state index is 0.0167. The van der Waals surface area contributed by atoms with Crippen molar-refractivity contribution in [2.45, 2.75) is 18.4 Å². The zero-order valence-corrected chi connectivity index (χ0v) is 16.4. The summed E-state index contributed by atoms with van der Waals surface area (Å²) in [5, 5.41) is 14.0. The van der Waals surface area contributed by atoms with Gasteiger partial charge in [-0.15, -0.1) is 0 Å². The van der Waals surface area contributed by atoms with Crippen LogP contribution in [-0.2, 0) is 16.6 Å². The first kappa shape index (κ1) is 20.0. The zero-order valence-electron chi connectivity index (χ0n) is 14.8. The molecule has 10 heteroatoms. The molecule has 0 radical (unpaired) electrons. The molecule has 0 aliphatic heterocycles. The van der Waals surface area contributed by atoms with Gasteiger partial charge in [-0.1, -0.05) is 23.7 Å². The predicted octanol–water partition coefficient (Wildman–Crippen LogP) is 3.13. The summed E-state index contributed by atoms with van der Waals surface area (Å²) in [6, 6.07) is 12.0. The first-order valence-corrected chi connectivity index (χ1v) is 10.1. The van der Waals surface area contributed by atoms with Gasteiger partial charge in [0, 0.05) is 0 Å². The van der Waals surface area contributed by atoms with Crippen LogP contribution >= 0.6 is 11.6 Å². The third-order valence-electron chi connectivity index (χ3n) is 3.93. The van der Waals surface area contributed by atoms with Gasteiger partial charge in [0.15, 0.2) is 0 Å². The molecule has 3 N–H and O–H groups in total. The van der Waals surface area contributed by atoms with Crippen molar-refractivity contribution >= 4 is 33.5 Å². The molecule has 28 heavy (non-hydrogen) atoms. The van der Waals surface area contributed by atoms with Crippen molar-refractivity contribution in [3.8, 4) is 0 Å². The molecule has 2 aromatic carbocycles. The van der Waals surface area contributed by atoms with Gasteiger partial charge in [0.2, 0.25) is 10.0 Å². The standard InChI is InChI=1S/C18H17ClFN5O2S/c1-12-17(10-22-23-15-6-8-16(9-7-15)28(21,26)27)18(19)25(24-12)11-13-2-4-14(20)5-3-13/h2-10,23H,11H2,1H3,(H2,21,26,27)/b22-10+. The number of primary sulfonamides is 1. The van der Waals surface area contributed by atoms with Gasteiger partial charge in [0.1, 0.15) is 11.0 Å². The van der Waals surface area contributed by atoms with Crippen LogP contribution < -0.4 is 10.6 Å². The third-order valence-corrected chi connectivity index (χ3v) is 5.25. The van der Waals surface area contributed by atoms with E-state index >= 15 is 0 Å². The molecular formula is C18H17ClFN5O2S. The summed E-state index contributed by atoms with van der Waals surface area (Å²) in [7, 11) is -3.74. The molecule has 0 spiro atoms. The van der Waals surface area contributed by atoms with Crippen molar-refractivity contribution in [1.82, 2.24) is 9.78 Å². The summed E-state index contributed by atoms with van der Waals surface area (Å²) in [5.74, 6) is -0.303. The van der Waals surface area contributed by atoms with Crippen LogP contribution in [0.2, 0.25) is 5.15 Å². The van der Waals surface area contributed by atoms with Crippen molar-refractivity contribution < 1.29 is 12.8 Å². The number of hydrogen-bond donors (Lipinski definition) is 2. The number of hydrazone groups is 1. The molecule has 146 valence electrons. The fourth-order valence-electron chi connectivity index (χ4n) is 2.47. The van der Waals surface area contributed by atoms with Gasteiger partial charge in [0.05, 0.1) is 34.6 Å². The fourth-order valence-corrected chi connectivity index (χ4v) is 3.27. The average molecular weight is 422 g/mol. The number of aryl methyl sites for hydroxylation is 1. The van der Waals surface area contributed by atoms with E-state index < -0.39 is 10.0 Å². The number of nitrogens with zero attached hydrogens (tertiary/aromatic N) is 3. The van der Waals surface area contributed by atoms with Gasteiger partial charge in [-0.2, -0.15) is 10.2 Å². The quantitative estimate of drug-likeness (QED) is 0.471. The van der Waals surface area contributed by atoms with Crippen LogP contribution in [0.15, 0.2) is 58.5 Å². The molecule has 0 bridgehead atoms. The molecule has 0 saturated heterocycles. The lowest BCUT2D eigenvalue weighted by atomic mass is 10.2. The van der Waals surface area contributed by atoms with E-state index in [0.717, 1.165) is 5.56 Å². The Bertz CT molecular complexity index is 1110. The lowest BCUT2D eigenvalue weighted by Crippen LogP contribution is -2.11. The molecule has 0 aliphatic carbocycles. The minimum Gasteiger partial charge on any atom is -0.279 e. The summed E-state index contributed by atoms with van der Waals surface area (Å²) in [6.07, 6.45) is 1.53. The van der Waals surface area contributed by atoms with Gasteiger partial charge in [-0.05, 0) is 48.9 Å². The molecule has 3 aromatic rings. The van der Waals surface area contributed by atoms with Gasteiger partial charge >= 0.3 is 0 Å². The number of anilines is 1. The van der Waals surface area contributed by atoms with Crippen molar-refractivity contribution in [2.75, 3.05) is 5.43 Å². The monoisotopic (exact) mass is 421 g/mol. The number of benzene rings is 2. The smallest absolute Gasteiger partial charge is 0.238 e. The number of rotatable bonds is 6. The third kappa shape index (κ3) is 4.75. The average Bonchev–Trinajstić information content (AvgIpc) is 2.90. The van der Waals surface area contributed by atoms with Gasteiger partial charge in [-0.25, -0.2) is 22.6 Å². The first-order chi connectivity index (χ1) is 13.2. The van der Waals surface area contributed by atoms with Crippen LogP contribution in [0.5, 0.6) is 0 Å². The van der Waals surface area contributed by atoms with E-state index in [1.54, 1.807) is 35.9 Å². The molecular weight excluding hydrogens is 405 g/mol. The van der Waals surface area contributed by atoms with E-state index in [2.05, 4.69) is 15.6 Å². The highest BCUT2D eigenvalue weighted by Gasteiger charge is 2.12. The van der Waals surface area contributed by atoms with E-state index in [9.17, 15) is 12.8 Å². The molecule has 0 aliphatic rings. The molecule has 1 aromatic heterocycles. The Kier molecular flexibility index (Phi) is 5.78. The number of sulfonamides is 1. The van der Waals surface area contributed by atoms with E-state index in [0.29, 0.717) is 28.6 Å². The molecule has 3 rings (SSSR count). The fraction of sp³-hybridized carbons (Fsp3) is 0.111. The topological polar surface area (TPSA) is 102 Å². The molecule has 0 unspecified atom stereocenters. The Morgan fingerprint density at radius 2 is 1.86 bits per heavy atom. The van der Waals surface area contributed by atoms with E-state index in [1.807, 2.05) is 0 Å². The van der Waals surface area contributed by atoms with Gasteiger partial charge < -0.3 is 0 Å². The van der Waals surface area contributed by atoms with Crippen LogP contribution in [0.1, 0.15) is 16.8 Å². The SMILES string of the molecule is Cc1nn(Cc2ccc(F)cc2)c(Cl)c1/C=N/Nc1ccc(S(N)(=O)=O)cc1. The van der Waals surface area contributed by atoms with Crippen molar-refractivity contribution in [3.05, 3.63) is 76.3 Å². The maximum atomic E-state index is 13.0. The maximum Gasteiger partial charge on any atom is 0.238 e. The highest BCUT2D eigenvalue weighted by atomic mass is 35.5. The lowest BCUT2D eigenvalue weighted by molar-refractivity contribution is 0.598. The van der Waals surface area contributed by atoms with Crippen LogP contribution in [-0.4, -0.2) is 24.4 Å². The van der Waals surface area contributed by atoms with Crippen LogP contribution in [0.4, 0.5) is 10.1 Å². The highest BCUT2D eigenvalue weighted by molar-refractivity contribution is 7.89. The summed E-state index contributed by atoms with van der Waals surface area (Å²) in [6.45, 7) is 2.20. The predicted molar refractivity (Wildman–Crippen MR) is 107 cm³/mol. The Morgan fingerprint density at radius 3 is 2.46 bits per heavy atom. The molecule has 0 atom stereocenters. The van der Waals surface area contributed by atoms with E-state index in [-0.39, 0.29) is 10.7 Å².